The van der Waals surface area contributed by atoms with E-state index in [9.17, 15) is 0 Å². The quantitative estimate of drug-likeness (QED) is 0.118. The number of benzene rings is 2. The van der Waals surface area contributed by atoms with Crippen LogP contribution >= 0.6 is 0 Å². The van der Waals surface area contributed by atoms with Gasteiger partial charge in [0.1, 0.15) is 11.5 Å². The number of ether oxygens (including phenoxy) is 2. The lowest BCUT2D eigenvalue weighted by Gasteiger charge is -2.06. The van der Waals surface area contributed by atoms with Gasteiger partial charge in [-0.25, -0.2) is 9.97 Å². The molecule has 0 aliphatic carbocycles. The molecule has 0 bridgehead atoms. The average Bonchev–Trinajstić information content (AvgIpc) is 3.71. The van der Waals surface area contributed by atoms with Crippen LogP contribution in [0.2, 0.25) is 0 Å². The number of aryl methyl sites for hydroxylation is 2. The van der Waals surface area contributed by atoms with Crippen LogP contribution in [0.3, 0.4) is 0 Å². The van der Waals surface area contributed by atoms with Gasteiger partial charge in [-0.15, -0.1) is 0 Å². The summed E-state index contributed by atoms with van der Waals surface area (Å²) in [5.74, 6) is 13.8. The second-order valence-electron chi connectivity index (χ2n) is 9.68. The number of hydrogen-bond donors (Lipinski definition) is 0. The van der Waals surface area contributed by atoms with E-state index in [-0.39, 0.29) is 0 Å². The lowest BCUT2D eigenvalue weighted by Crippen LogP contribution is -1.98. The topological polar surface area (TPSA) is 54.1 Å². The van der Waals surface area contributed by atoms with Crippen molar-refractivity contribution in [1.82, 2.24) is 19.1 Å². The third-order valence-electron chi connectivity index (χ3n) is 6.46. The zero-order valence-electron chi connectivity index (χ0n) is 23.2. The van der Waals surface area contributed by atoms with E-state index < -0.39 is 0 Å². The Labute approximate surface area is 238 Å². The van der Waals surface area contributed by atoms with Crippen molar-refractivity contribution in [2.24, 2.45) is 0 Å². The first kappa shape index (κ1) is 28.6. The van der Waals surface area contributed by atoms with Crippen LogP contribution in [0.4, 0.5) is 0 Å². The molecule has 2 heterocycles. The number of nitrogens with zero attached hydrogens (tertiary/aromatic N) is 4. The van der Waals surface area contributed by atoms with Crippen molar-refractivity contribution in [2.75, 3.05) is 13.2 Å². The van der Waals surface area contributed by atoms with Crippen molar-refractivity contribution in [1.29, 1.82) is 0 Å². The predicted molar refractivity (Wildman–Crippen MR) is 159 cm³/mol. The maximum absolute atomic E-state index is 5.86. The van der Waals surface area contributed by atoms with Gasteiger partial charge in [0.15, 0.2) is 0 Å². The molecule has 0 atom stereocenters. The van der Waals surface area contributed by atoms with Crippen molar-refractivity contribution < 1.29 is 9.47 Å². The molecule has 6 nitrogen and oxygen atoms in total. The molecule has 0 saturated carbocycles. The summed E-state index contributed by atoms with van der Waals surface area (Å²) < 4.78 is 16.0. The van der Waals surface area contributed by atoms with Crippen LogP contribution in [0, 0.1) is 23.7 Å². The van der Waals surface area contributed by atoms with Crippen molar-refractivity contribution in [3.63, 3.8) is 0 Å². The molecule has 4 rings (SSSR count). The van der Waals surface area contributed by atoms with E-state index in [0.717, 1.165) is 61.8 Å². The fourth-order valence-electron chi connectivity index (χ4n) is 4.19. The van der Waals surface area contributed by atoms with Crippen LogP contribution in [0.15, 0.2) is 86.0 Å². The second-order valence-corrected chi connectivity index (χ2v) is 9.68. The summed E-state index contributed by atoms with van der Waals surface area (Å²) in [6, 6.07) is 15.8. The molecular weight excluding hydrogens is 496 g/mol. The summed E-state index contributed by atoms with van der Waals surface area (Å²) in [4.78, 5) is 8.14. The van der Waals surface area contributed by atoms with Crippen molar-refractivity contribution >= 4 is 0 Å². The number of unbranched alkanes of at least 4 members (excludes halogenated alkanes) is 6. The van der Waals surface area contributed by atoms with Crippen molar-refractivity contribution in [3.8, 4) is 35.2 Å². The standard InChI is InChI=1S/C34H38N4O2/c1(7-23-37-25-21-35-29-37)3-9-27-39-33-17-13-31(14-18-33)11-5-6-12-32-15-19-34(20-16-32)40-28-10-4-2-8-24-38-26-22-36-30-38/h13-22,25-26,29-30H,1-4,7-10,23-24,27-28H2. The largest absolute Gasteiger partial charge is 0.494 e. The molecule has 40 heavy (non-hydrogen) atoms. The summed E-state index contributed by atoms with van der Waals surface area (Å²) >= 11 is 0. The van der Waals surface area contributed by atoms with Crippen LogP contribution in [0.1, 0.15) is 62.5 Å². The van der Waals surface area contributed by atoms with Crippen LogP contribution in [0.5, 0.6) is 11.5 Å². The molecule has 206 valence electrons. The minimum atomic E-state index is 0.735. The molecule has 6 heteroatoms. The van der Waals surface area contributed by atoms with E-state index in [1.807, 2.05) is 86.0 Å². The molecule has 0 amide bonds. The number of rotatable bonds is 16. The Bertz CT molecular complexity index is 1230. The summed E-state index contributed by atoms with van der Waals surface area (Å²) in [5.41, 5.74) is 1.85. The summed E-state index contributed by atoms with van der Waals surface area (Å²) in [5, 5.41) is 0. The Balaban J connectivity index is 1.06. The third kappa shape index (κ3) is 11.1. The maximum atomic E-state index is 5.86. The smallest absolute Gasteiger partial charge is 0.119 e. The summed E-state index contributed by atoms with van der Waals surface area (Å²) in [7, 11) is 0. The Morgan fingerprint density at radius 3 is 1.35 bits per heavy atom. The highest BCUT2D eigenvalue weighted by atomic mass is 16.5. The van der Waals surface area contributed by atoms with E-state index in [2.05, 4.69) is 42.8 Å². The Hall–Kier alpha value is -4.42. The predicted octanol–water partition coefficient (Wildman–Crippen LogP) is 6.76. The normalized spacial score (nSPS) is 10.3. The van der Waals surface area contributed by atoms with Gasteiger partial charge in [-0.3, -0.25) is 0 Å². The number of aromatic nitrogens is 4. The molecule has 4 aromatic rings. The van der Waals surface area contributed by atoms with E-state index in [4.69, 9.17) is 9.47 Å². The Morgan fingerprint density at radius 1 is 0.525 bits per heavy atom. The minimum Gasteiger partial charge on any atom is -0.494 e. The van der Waals surface area contributed by atoms with E-state index >= 15 is 0 Å². The Morgan fingerprint density at radius 2 is 0.950 bits per heavy atom. The number of imidazole rings is 2. The minimum absolute atomic E-state index is 0.735. The Kier molecular flexibility index (Phi) is 12.3. The highest BCUT2D eigenvalue weighted by molar-refractivity contribution is 5.46. The van der Waals surface area contributed by atoms with Gasteiger partial charge in [0.25, 0.3) is 0 Å². The molecule has 0 unspecified atom stereocenters. The molecular formula is C34H38N4O2. The maximum Gasteiger partial charge on any atom is 0.119 e. The summed E-state index contributed by atoms with van der Waals surface area (Å²) in [6.45, 7) is 3.53. The first-order valence-corrected chi connectivity index (χ1v) is 14.2. The van der Waals surface area contributed by atoms with E-state index in [1.165, 1.54) is 38.5 Å². The van der Waals surface area contributed by atoms with E-state index in [0.29, 0.717) is 0 Å². The lowest BCUT2D eigenvalue weighted by molar-refractivity contribution is 0.304. The molecule has 0 fully saturated rings. The lowest BCUT2D eigenvalue weighted by atomic mass is 10.2. The molecule has 0 saturated heterocycles. The van der Waals surface area contributed by atoms with Crippen LogP contribution in [-0.4, -0.2) is 32.3 Å². The zero-order valence-corrected chi connectivity index (χ0v) is 23.2. The third-order valence-corrected chi connectivity index (χ3v) is 6.46. The average molecular weight is 535 g/mol. The first-order chi connectivity index (χ1) is 19.8. The van der Waals surface area contributed by atoms with E-state index in [1.54, 1.807) is 0 Å². The van der Waals surface area contributed by atoms with Crippen LogP contribution < -0.4 is 9.47 Å². The monoisotopic (exact) mass is 534 g/mol. The van der Waals surface area contributed by atoms with Gasteiger partial charge >= 0.3 is 0 Å². The van der Waals surface area contributed by atoms with Gasteiger partial charge in [0, 0.05) is 49.0 Å². The number of hydrogen-bond acceptors (Lipinski definition) is 4. The van der Waals surface area contributed by atoms with Crippen LogP contribution in [-0.2, 0) is 13.1 Å². The molecule has 2 aromatic carbocycles. The molecule has 0 aliphatic heterocycles. The van der Waals surface area contributed by atoms with Crippen LogP contribution in [0.25, 0.3) is 0 Å². The van der Waals surface area contributed by atoms with Gasteiger partial charge in [-0.2, -0.15) is 0 Å². The summed E-state index contributed by atoms with van der Waals surface area (Å²) in [6.07, 6.45) is 20.6. The van der Waals surface area contributed by atoms with Gasteiger partial charge in [0.2, 0.25) is 0 Å². The fourth-order valence-corrected chi connectivity index (χ4v) is 4.19. The molecule has 0 N–H and O–H groups in total. The fraction of sp³-hybridized carbons (Fsp3) is 0.353. The molecule has 2 aromatic heterocycles. The van der Waals surface area contributed by atoms with Gasteiger partial charge in [0.05, 0.1) is 25.9 Å². The SMILES string of the molecule is C(C#Cc1ccc(OCCCCCCn2ccnc2)cc1)#Cc1ccc(OCCCCCCn2ccnc2)cc1. The molecule has 0 aliphatic rings. The van der Waals surface area contributed by atoms with Gasteiger partial charge in [-0.1, -0.05) is 37.5 Å². The molecule has 0 spiro atoms. The first-order valence-electron chi connectivity index (χ1n) is 14.2. The highest BCUT2D eigenvalue weighted by Gasteiger charge is 1.97. The zero-order chi connectivity index (χ0) is 27.5. The highest BCUT2D eigenvalue weighted by Crippen LogP contribution is 2.14. The van der Waals surface area contributed by atoms with Crippen molar-refractivity contribution in [3.05, 3.63) is 97.1 Å². The molecule has 0 radical (unpaired) electrons. The second kappa shape index (κ2) is 17.2. The van der Waals surface area contributed by atoms with Gasteiger partial charge < -0.3 is 18.6 Å². The van der Waals surface area contributed by atoms with Crippen molar-refractivity contribution in [2.45, 2.75) is 64.5 Å². The van der Waals surface area contributed by atoms with Gasteiger partial charge in [-0.05, 0) is 86.1 Å².